The largest absolute Gasteiger partial charge is 0.335 e. The van der Waals surface area contributed by atoms with Gasteiger partial charge in [-0.05, 0) is 31.3 Å². The highest BCUT2D eigenvalue weighted by Crippen LogP contribution is 2.21. The molecule has 0 radical (unpaired) electrons. The Morgan fingerprint density at radius 3 is 2.36 bits per heavy atom. The van der Waals surface area contributed by atoms with Crippen LogP contribution in [0.25, 0.3) is 0 Å². The molecule has 1 aromatic rings. The van der Waals surface area contributed by atoms with E-state index < -0.39 is 9.84 Å². The number of piperazine rings is 1. The Morgan fingerprint density at radius 1 is 1.18 bits per heavy atom. The Hall–Kier alpha value is -1.06. The molecule has 0 bridgehead atoms. The van der Waals surface area contributed by atoms with Gasteiger partial charge in [0.25, 0.3) is 5.91 Å². The van der Waals surface area contributed by atoms with E-state index in [9.17, 15) is 13.2 Å². The first-order valence-electron chi connectivity index (χ1n) is 7.49. The van der Waals surface area contributed by atoms with Gasteiger partial charge >= 0.3 is 0 Å². The Morgan fingerprint density at radius 2 is 1.82 bits per heavy atom. The molecule has 0 aromatic carbocycles. The van der Waals surface area contributed by atoms with Crippen molar-refractivity contribution < 1.29 is 13.2 Å². The Labute approximate surface area is 134 Å². The third kappa shape index (κ3) is 3.31. The van der Waals surface area contributed by atoms with Gasteiger partial charge in [0.2, 0.25) is 0 Å². The summed E-state index contributed by atoms with van der Waals surface area (Å²) in [6.07, 6.45) is 1.43. The summed E-state index contributed by atoms with van der Waals surface area (Å²) in [4.78, 5) is 17.2. The molecule has 3 heterocycles. The Balaban J connectivity index is 1.55. The number of carbonyl (C=O) groups is 1. The van der Waals surface area contributed by atoms with Crippen molar-refractivity contribution in [2.45, 2.75) is 25.8 Å². The molecule has 0 spiro atoms. The summed E-state index contributed by atoms with van der Waals surface area (Å²) in [5.74, 6) is 0.601. The molecule has 0 N–H and O–H groups in total. The zero-order chi connectivity index (χ0) is 15.7. The molecule has 1 amide bonds. The number of sulfone groups is 1. The molecule has 7 nitrogen and oxygen atoms in total. The van der Waals surface area contributed by atoms with Crippen LogP contribution in [0.15, 0.2) is 0 Å². The molecular formula is C13H20N4O3S2. The fourth-order valence-electron chi connectivity index (χ4n) is 3.10. The highest BCUT2D eigenvalue weighted by Gasteiger charge is 2.31. The topological polar surface area (TPSA) is 83.5 Å². The van der Waals surface area contributed by atoms with Crippen LogP contribution in [0.4, 0.5) is 0 Å². The minimum atomic E-state index is -2.82. The van der Waals surface area contributed by atoms with Crippen molar-refractivity contribution in [1.29, 1.82) is 0 Å². The van der Waals surface area contributed by atoms with Gasteiger partial charge in [0.05, 0.1) is 17.2 Å². The van der Waals surface area contributed by atoms with Crippen molar-refractivity contribution in [3.8, 4) is 0 Å². The first-order chi connectivity index (χ1) is 10.5. The molecule has 2 aliphatic rings. The van der Waals surface area contributed by atoms with Crippen LogP contribution in [-0.2, 0) is 9.84 Å². The fourth-order valence-corrected chi connectivity index (χ4v) is 5.20. The zero-order valence-electron chi connectivity index (χ0n) is 12.6. The number of hydrogen-bond donors (Lipinski definition) is 0. The monoisotopic (exact) mass is 344 g/mol. The third-order valence-corrected chi connectivity index (χ3v) is 7.02. The van der Waals surface area contributed by atoms with Gasteiger partial charge in [0.15, 0.2) is 0 Å². The van der Waals surface area contributed by atoms with Gasteiger partial charge in [0.1, 0.15) is 14.7 Å². The summed E-state index contributed by atoms with van der Waals surface area (Å²) in [5.41, 5.74) is 0.690. The number of aromatic nitrogens is 2. The summed E-state index contributed by atoms with van der Waals surface area (Å²) in [6, 6.07) is 0.340. The van der Waals surface area contributed by atoms with E-state index in [0.717, 1.165) is 24.6 Å². The summed E-state index contributed by atoms with van der Waals surface area (Å²) < 4.78 is 26.8. The molecular weight excluding hydrogens is 324 g/mol. The third-order valence-electron chi connectivity index (χ3n) is 4.49. The van der Waals surface area contributed by atoms with E-state index in [1.165, 1.54) is 0 Å². The summed E-state index contributed by atoms with van der Waals surface area (Å²) >= 11 is 1.15. The van der Waals surface area contributed by atoms with Gasteiger partial charge in [0, 0.05) is 32.2 Å². The predicted molar refractivity (Wildman–Crippen MR) is 83.8 cm³/mol. The number of nitrogens with zero attached hydrogens (tertiary/aromatic N) is 4. The molecule has 9 heteroatoms. The molecule has 2 aliphatic heterocycles. The van der Waals surface area contributed by atoms with Crippen molar-refractivity contribution in [3.63, 3.8) is 0 Å². The van der Waals surface area contributed by atoms with Crippen LogP contribution in [0.1, 0.15) is 28.2 Å². The fraction of sp³-hybridized carbons (Fsp3) is 0.769. The molecule has 1 aromatic heterocycles. The molecule has 2 saturated heterocycles. The maximum Gasteiger partial charge on any atom is 0.267 e. The maximum atomic E-state index is 12.4. The summed E-state index contributed by atoms with van der Waals surface area (Å²) in [5, 5.41) is 3.89. The van der Waals surface area contributed by atoms with Gasteiger partial charge in [-0.25, -0.2) is 8.42 Å². The average molecular weight is 344 g/mol. The van der Waals surface area contributed by atoms with Crippen LogP contribution in [0.2, 0.25) is 0 Å². The second-order valence-corrected chi connectivity index (χ2v) is 8.96. The molecule has 3 rings (SSSR count). The lowest BCUT2D eigenvalue weighted by Gasteiger charge is -2.40. The first kappa shape index (κ1) is 15.8. The molecule has 0 unspecified atom stereocenters. The van der Waals surface area contributed by atoms with E-state index in [-0.39, 0.29) is 5.91 Å². The van der Waals surface area contributed by atoms with Gasteiger partial charge in [-0.3, -0.25) is 9.69 Å². The van der Waals surface area contributed by atoms with Gasteiger partial charge < -0.3 is 4.90 Å². The van der Waals surface area contributed by atoms with E-state index in [0.29, 0.717) is 54.0 Å². The van der Waals surface area contributed by atoms with E-state index >= 15 is 0 Å². The summed E-state index contributed by atoms with van der Waals surface area (Å²) in [7, 11) is -2.82. The van der Waals surface area contributed by atoms with Crippen molar-refractivity contribution in [3.05, 3.63) is 10.6 Å². The van der Waals surface area contributed by atoms with E-state index in [4.69, 9.17) is 0 Å². The molecule has 0 aliphatic carbocycles. The average Bonchev–Trinajstić information content (AvgIpc) is 2.93. The van der Waals surface area contributed by atoms with Gasteiger partial charge in [-0.1, -0.05) is 4.49 Å². The molecule has 22 heavy (non-hydrogen) atoms. The van der Waals surface area contributed by atoms with Crippen molar-refractivity contribution in [2.24, 2.45) is 0 Å². The molecule has 0 saturated carbocycles. The van der Waals surface area contributed by atoms with E-state index in [2.05, 4.69) is 14.5 Å². The number of amides is 1. The van der Waals surface area contributed by atoms with Crippen LogP contribution in [0, 0.1) is 6.92 Å². The van der Waals surface area contributed by atoms with Gasteiger partial charge in [-0.15, -0.1) is 5.10 Å². The predicted octanol–water partition coefficient (Wildman–Crippen LogP) is 0.182. The standard InChI is InChI=1S/C13H20N4O3S2/c1-10-12(21-15-14-10)13(18)17-6-4-16(5-7-17)11-2-8-22(19,20)9-3-11/h11H,2-9H2,1H3. The van der Waals surface area contributed by atoms with Crippen molar-refractivity contribution >= 4 is 27.3 Å². The summed E-state index contributed by atoms with van der Waals surface area (Å²) in [6.45, 7) is 4.78. The minimum absolute atomic E-state index is 0.0124. The maximum absolute atomic E-state index is 12.4. The molecule has 122 valence electrons. The minimum Gasteiger partial charge on any atom is -0.335 e. The second-order valence-electron chi connectivity index (χ2n) is 5.90. The van der Waals surface area contributed by atoms with Crippen LogP contribution in [0.3, 0.4) is 0 Å². The smallest absolute Gasteiger partial charge is 0.267 e. The Kier molecular flexibility index (Phi) is 4.47. The quantitative estimate of drug-likeness (QED) is 0.761. The number of aryl methyl sites for hydroxylation is 1. The Bertz CT molecular complexity index is 636. The van der Waals surface area contributed by atoms with Gasteiger partial charge in [-0.2, -0.15) is 0 Å². The molecule has 2 fully saturated rings. The number of rotatable bonds is 2. The van der Waals surface area contributed by atoms with Crippen LogP contribution >= 0.6 is 11.5 Å². The first-order valence-corrected chi connectivity index (χ1v) is 10.1. The van der Waals surface area contributed by atoms with Crippen LogP contribution in [0.5, 0.6) is 0 Å². The van der Waals surface area contributed by atoms with Crippen molar-refractivity contribution in [1.82, 2.24) is 19.4 Å². The lowest BCUT2D eigenvalue weighted by atomic mass is 10.1. The number of hydrogen-bond acceptors (Lipinski definition) is 7. The number of carbonyl (C=O) groups excluding carboxylic acids is 1. The zero-order valence-corrected chi connectivity index (χ0v) is 14.2. The van der Waals surface area contributed by atoms with E-state index in [1.807, 2.05) is 4.90 Å². The van der Waals surface area contributed by atoms with Crippen LogP contribution < -0.4 is 0 Å². The normalized spacial score (nSPS) is 23.6. The lowest BCUT2D eigenvalue weighted by Crippen LogP contribution is -2.53. The van der Waals surface area contributed by atoms with E-state index in [1.54, 1.807) is 6.92 Å². The molecule has 0 atom stereocenters. The SMILES string of the molecule is Cc1nnsc1C(=O)N1CCN(C2CCS(=O)(=O)CC2)CC1. The second kappa shape index (κ2) is 6.21. The highest BCUT2D eigenvalue weighted by molar-refractivity contribution is 7.91. The highest BCUT2D eigenvalue weighted by atomic mass is 32.2. The lowest BCUT2D eigenvalue weighted by molar-refractivity contribution is 0.0561. The van der Waals surface area contributed by atoms with Crippen LogP contribution in [-0.4, -0.2) is 77.4 Å². The van der Waals surface area contributed by atoms with Crippen molar-refractivity contribution in [2.75, 3.05) is 37.7 Å².